The van der Waals surface area contributed by atoms with Crippen molar-refractivity contribution in [2.75, 3.05) is 0 Å². The molecule has 0 radical (unpaired) electrons. The van der Waals surface area contributed by atoms with E-state index in [1.165, 1.54) is 11.3 Å². The predicted molar refractivity (Wildman–Crippen MR) is 53.6 cm³/mol. The van der Waals surface area contributed by atoms with Crippen LogP contribution in [0.15, 0.2) is 0 Å². The van der Waals surface area contributed by atoms with Crippen LogP contribution in [0.5, 0.6) is 0 Å². The summed E-state index contributed by atoms with van der Waals surface area (Å²) in [6.45, 7) is 3.73. The maximum Gasteiger partial charge on any atom is 0.310 e. The first kappa shape index (κ1) is 9.31. The number of aryl methyl sites for hydroxylation is 2. The highest BCUT2D eigenvalue weighted by Crippen LogP contribution is 2.32. The average molecular weight is 193 g/mol. The molecule has 0 bridgehead atoms. The van der Waals surface area contributed by atoms with Gasteiger partial charge in [0.2, 0.25) is 0 Å². The number of hydrogen-bond acceptors (Lipinski definition) is 1. The summed E-state index contributed by atoms with van der Waals surface area (Å²) in [7, 11) is 0. The molecule has 2 N–H and O–H groups in total. The molecule has 1 aliphatic rings. The van der Waals surface area contributed by atoms with Crippen molar-refractivity contribution in [2.24, 2.45) is 0 Å². The molecule has 14 heavy (non-hydrogen) atoms. The zero-order valence-electron chi connectivity index (χ0n) is 8.55. The number of rotatable bonds is 2. The van der Waals surface area contributed by atoms with E-state index in [0.717, 1.165) is 30.5 Å². The van der Waals surface area contributed by atoms with Crippen molar-refractivity contribution in [3.05, 3.63) is 22.5 Å². The number of aromatic amines is 1. The molecular formula is C11H15NO2. The van der Waals surface area contributed by atoms with Gasteiger partial charge in [-0.15, -0.1) is 0 Å². The van der Waals surface area contributed by atoms with Gasteiger partial charge in [-0.25, -0.2) is 0 Å². The first-order valence-electron chi connectivity index (χ1n) is 5.04. The first-order valence-corrected chi connectivity index (χ1v) is 5.04. The summed E-state index contributed by atoms with van der Waals surface area (Å²) in [6, 6.07) is 0. The van der Waals surface area contributed by atoms with E-state index in [-0.39, 0.29) is 5.92 Å². The zero-order valence-corrected chi connectivity index (χ0v) is 8.55. The number of aromatic nitrogens is 1. The SMILES string of the molecule is Cc1[nH]c2c(c1C(C)C(=O)O)CCC2. The summed E-state index contributed by atoms with van der Waals surface area (Å²) in [4.78, 5) is 14.2. The molecule has 1 aromatic rings. The van der Waals surface area contributed by atoms with Gasteiger partial charge in [0, 0.05) is 11.4 Å². The van der Waals surface area contributed by atoms with Crippen LogP contribution in [0.2, 0.25) is 0 Å². The summed E-state index contributed by atoms with van der Waals surface area (Å²) in [5.74, 6) is -1.12. The molecule has 0 saturated heterocycles. The summed E-state index contributed by atoms with van der Waals surface area (Å²) >= 11 is 0. The van der Waals surface area contributed by atoms with E-state index in [0.29, 0.717) is 0 Å². The number of aliphatic carboxylic acids is 1. The molecule has 3 nitrogen and oxygen atoms in total. The van der Waals surface area contributed by atoms with E-state index in [9.17, 15) is 4.79 Å². The third-order valence-electron chi connectivity index (χ3n) is 3.09. The van der Waals surface area contributed by atoms with Crippen molar-refractivity contribution < 1.29 is 9.90 Å². The van der Waals surface area contributed by atoms with Crippen LogP contribution < -0.4 is 0 Å². The molecule has 2 rings (SSSR count). The maximum atomic E-state index is 10.9. The molecule has 76 valence electrons. The molecule has 1 heterocycles. The van der Waals surface area contributed by atoms with E-state index in [1.54, 1.807) is 6.92 Å². The summed E-state index contributed by atoms with van der Waals surface area (Å²) in [6.07, 6.45) is 3.26. The molecule has 1 unspecified atom stereocenters. The molecule has 1 aromatic heterocycles. The Kier molecular flexibility index (Phi) is 2.10. The van der Waals surface area contributed by atoms with Gasteiger partial charge >= 0.3 is 5.97 Å². The number of H-pyrrole nitrogens is 1. The smallest absolute Gasteiger partial charge is 0.310 e. The minimum absolute atomic E-state index is 0.381. The molecule has 0 spiro atoms. The van der Waals surface area contributed by atoms with Crippen LogP contribution in [-0.4, -0.2) is 16.1 Å². The van der Waals surface area contributed by atoms with Gasteiger partial charge in [-0.3, -0.25) is 4.79 Å². The number of nitrogens with one attached hydrogen (secondary N) is 1. The second-order valence-corrected chi connectivity index (χ2v) is 4.03. The van der Waals surface area contributed by atoms with Gasteiger partial charge in [0.1, 0.15) is 0 Å². The molecular weight excluding hydrogens is 178 g/mol. The lowest BCUT2D eigenvalue weighted by atomic mass is 9.96. The highest BCUT2D eigenvalue weighted by Gasteiger charge is 2.26. The molecule has 3 heteroatoms. The lowest BCUT2D eigenvalue weighted by Gasteiger charge is -2.08. The number of carboxylic acid groups (broad SMARTS) is 1. The maximum absolute atomic E-state index is 10.9. The molecule has 0 fully saturated rings. The van der Waals surface area contributed by atoms with E-state index < -0.39 is 5.97 Å². The zero-order chi connectivity index (χ0) is 10.3. The second kappa shape index (κ2) is 3.15. The Morgan fingerprint density at radius 2 is 2.21 bits per heavy atom. The number of hydrogen-bond donors (Lipinski definition) is 2. The monoisotopic (exact) mass is 193 g/mol. The molecule has 1 atom stereocenters. The van der Waals surface area contributed by atoms with Crippen LogP contribution >= 0.6 is 0 Å². The normalized spacial score (nSPS) is 16.7. The Morgan fingerprint density at radius 3 is 2.86 bits per heavy atom. The van der Waals surface area contributed by atoms with Gasteiger partial charge in [-0.1, -0.05) is 0 Å². The summed E-state index contributed by atoms with van der Waals surface area (Å²) in [5, 5.41) is 9.00. The Balaban J connectivity index is 2.46. The molecule has 0 amide bonds. The standard InChI is InChI=1S/C11H15NO2/c1-6(11(13)14)10-7(2)12-9-5-3-4-8(9)10/h6,12H,3-5H2,1-2H3,(H,13,14). The quantitative estimate of drug-likeness (QED) is 0.754. The molecule has 0 aromatic carbocycles. The second-order valence-electron chi connectivity index (χ2n) is 4.03. The minimum Gasteiger partial charge on any atom is -0.481 e. The fourth-order valence-electron chi connectivity index (χ4n) is 2.41. The molecule has 1 aliphatic carbocycles. The van der Waals surface area contributed by atoms with E-state index in [1.807, 2.05) is 6.92 Å². The average Bonchev–Trinajstić information content (AvgIpc) is 2.62. The van der Waals surface area contributed by atoms with Crippen molar-refractivity contribution in [2.45, 2.75) is 39.0 Å². The Labute approximate surface area is 83.1 Å². The lowest BCUT2D eigenvalue weighted by molar-refractivity contribution is -0.138. The third kappa shape index (κ3) is 1.24. The van der Waals surface area contributed by atoms with E-state index >= 15 is 0 Å². The van der Waals surface area contributed by atoms with Gasteiger partial charge in [-0.2, -0.15) is 0 Å². The van der Waals surface area contributed by atoms with Crippen molar-refractivity contribution >= 4 is 5.97 Å². The van der Waals surface area contributed by atoms with Gasteiger partial charge in [0.25, 0.3) is 0 Å². The van der Waals surface area contributed by atoms with Gasteiger partial charge < -0.3 is 10.1 Å². The number of carboxylic acids is 1. The van der Waals surface area contributed by atoms with E-state index in [4.69, 9.17) is 5.11 Å². The fraction of sp³-hybridized carbons (Fsp3) is 0.545. The number of carbonyl (C=O) groups is 1. The van der Waals surface area contributed by atoms with Crippen LogP contribution in [0.3, 0.4) is 0 Å². The Hall–Kier alpha value is -1.25. The highest BCUT2D eigenvalue weighted by molar-refractivity contribution is 5.77. The predicted octanol–water partition coefficient (Wildman–Crippen LogP) is 2.00. The highest BCUT2D eigenvalue weighted by atomic mass is 16.4. The molecule has 0 aliphatic heterocycles. The van der Waals surface area contributed by atoms with Crippen LogP contribution in [0.4, 0.5) is 0 Å². The Morgan fingerprint density at radius 1 is 1.50 bits per heavy atom. The van der Waals surface area contributed by atoms with Crippen LogP contribution in [0.1, 0.15) is 41.8 Å². The van der Waals surface area contributed by atoms with Crippen LogP contribution in [-0.2, 0) is 17.6 Å². The summed E-state index contributed by atoms with van der Waals surface area (Å²) in [5.41, 5.74) is 4.57. The topological polar surface area (TPSA) is 53.1 Å². The summed E-state index contributed by atoms with van der Waals surface area (Å²) < 4.78 is 0. The van der Waals surface area contributed by atoms with Crippen molar-refractivity contribution in [1.82, 2.24) is 4.98 Å². The van der Waals surface area contributed by atoms with Gasteiger partial charge in [0.05, 0.1) is 5.92 Å². The van der Waals surface area contributed by atoms with Gasteiger partial charge in [-0.05, 0) is 44.2 Å². The largest absolute Gasteiger partial charge is 0.481 e. The van der Waals surface area contributed by atoms with Crippen molar-refractivity contribution in [3.63, 3.8) is 0 Å². The van der Waals surface area contributed by atoms with Crippen LogP contribution in [0.25, 0.3) is 0 Å². The van der Waals surface area contributed by atoms with Crippen molar-refractivity contribution in [3.8, 4) is 0 Å². The Bertz CT molecular complexity index is 379. The first-order chi connectivity index (χ1) is 6.61. The molecule has 0 saturated carbocycles. The van der Waals surface area contributed by atoms with E-state index in [2.05, 4.69) is 4.98 Å². The lowest BCUT2D eigenvalue weighted by Crippen LogP contribution is -2.09. The fourth-order valence-corrected chi connectivity index (χ4v) is 2.41. The third-order valence-corrected chi connectivity index (χ3v) is 3.09. The number of fused-ring (bicyclic) bond motifs is 1. The van der Waals surface area contributed by atoms with Crippen molar-refractivity contribution in [1.29, 1.82) is 0 Å². The minimum atomic E-state index is -0.734. The van der Waals surface area contributed by atoms with Gasteiger partial charge in [0.15, 0.2) is 0 Å². The van der Waals surface area contributed by atoms with Crippen LogP contribution in [0, 0.1) is 6.92 Å².